The Kier molecular flexibility index (Phi) is 3.74. The average Bonchev–Trinajstić information content (AvgIpc) is 2.26. The number of aromatic nitrogens is 1. The molecule has 0 saturated heterocycles. The van der Waals surface area contributed by atoms with Gasteiger partial charge in [-0.25, -0.2) is 4.98 Å². The SMILES string of the molecule is Cc1ccccc1-c1nc(Cl)cc(Cl)c1C(F)(F)F. The number of alkyl halides is 3. The molecule has 19 heavy (non-hydrogen) atoms. The maximum Gasteiger partial charge on any atom is 0.419 e. The molecule has 100 valence electrons. The number of benzene rings is 1. The third-order valence-corrected chi connectivity index (χ3v) is 3.12. The van der Waals surface area contributed by atoms with Crippen molar-refractivity contribution in [1.29, 1.82) is 0 Å². The minimum atomic E-state index is -4.59. The van der Waals surface area contributed by atoms with Gasteiger partial charge in [-0.05, 0) is 18.6 Å². The van der Waals surface area contributed by atoms with Crippen LogP contribution in [0.3, 0.4) is 0 Å². The molecule has 0 aliphatic carbocycles. The lowest BCUT2D eigenvalue weighted by Gasteiger charge is -2.15. The number of hydrogen-bond donors (Lipinski definition) is 0. The van der Waals surface area contributed by atoms with E-state index in [2.05, 4.69) is 4.98 Å². The van der Waals surface area contributed by atoms with E-state index in [9.17, 15) is 13.2 Å². The molecule has 1 heterocycles. The normalized spacial score (nSPS) is 11.7. The molecule has 0 amide bonds. The van der Waals surface area contributed by atoms with Gasteiger partial charge >= 0.3 is 6.18 Å². The summed E-state index contributed by atoms with van der Waals surface area (Å²) < 4.78 is 39.3. The molecular weight excluding hydrogens is 298 g/mol. The van der Waals surface area contributed by atoms with Crippen LogP contribution in [0, 0.1) is 6.92 Å². The summed E-state index contributed by atoms with van der Waals surface area (Å²) >= 11 is 11.4. The van der Waals surface area contributed by atoms with Crippen molar-refractivity contribution in [2.24, 2.45) is 0 Å². The second-order valence-corrected chi connectivity index (χ2v) is 4.76. The van der Waals surface area contributed by atoms with Crippen LogP contribution in [0.25, 0.3) is 11.3 Å². The molecule has 1 aromatic carbocycles. The molecule has 0 bridgehead atoms. The van der Waals surface area contributed by atoms with Gasteiger partial charge in [0.1, 0.15) is 10.7 Å². The van der Waals surface area contributed by atoms with Crippen molar-refractivity contribution in [3.8, 4) is 11.3 Å². The lowest BCUT2D eigenvalue weighted by Crippen LogP contribution is -2.10. The molecule has 2 aromatic rings. The van der Waals surface area contributed by atoms with Crippen molar-refractivity contribution in [2.75, 3.05) is 0 Å². The Morgan fingerprint density at radius 1 is 1.11 bits per heavy atom. The first-order valence-corrected chi connectivity index (χ1v) is 6.05. The average molecular weight is 306 g/mol. The van der Waals surface area contributed by atoms with E-state index < -0.39 is 16.8 Å². The summed E-state index contributed by atoms with van der Waals surface area (Å²) in [6.07, 6.45) is -4.59. The van der Waals surface area contributed by atoms with Crippen LogP contribution in [0.5, 0.6) is 0 Å². The van der Waals surface area contributed by atoms with Crippen LogP contribution in [0.15, 0.2) is 30.3 Å². The summed E-state index contributed by atoms with van der Waals surface area (Å²) in [5.74, 6) is 0. The lowest BCUT2D eigenvalue weighted by atomic mass is 10.0. The first kappa shape index (κ1) is 14.2. The van der Waals surface area contributed by atoms with Crippen LogP contribution in [0.1, 0.15) is 11.1 Å². The maximum atomic E-state index is 13.1. The van der Waals surface area contributed by atoms with Gasteiger partial charge in [0.2, 0.25) is 0 Å². The molecule has 2 rings (SSSR count). The van der Waals surface area contributed by atoms with E-state index >= 15 is 0 Å². The van der Waals surface area contributed by atoms with E-state index in [0.717, 1.165) is 6.07 Å². The molecule has 0 N–H and O–H groups in total. The van der Waals surface area contributed by atoms with E-state index in [1.807, 2.05) is 0 Å². The standard InChI is InChI=1S/C13H8Cl2F3N/c1-7-4-2-3-5-8(7)12-11(13(16,17)18)9(14)6-10(15)19-12/h2-6H,1H3. The van der Waals surface area contributed by atoms with Gasteiger partial charge in [-0.1, -0.05) is 47.5 Å². The number of hydrogen-bond acceptors (Lipinski definition) is 1. The van der Waals surface area contributed by atoms with E-state index in [0.29, 0.717) is 11.1 Å². The smallest absolute Gasteiger partial charge is 0.235 e. The molecule has 0 aliphatic heterocycles. The van der Waals surface area contributed by atoms with Gasteiger partial charge in [-0.3, -0.25) is 0 Å². The number of aryl methyl sites for hydroxylation is 1. The first-order chi connectivity index (χ1) is 8.80. The Morgan fingerprint density at radius 3 is 2.32 bits per heavy atom. The summed E-state index contributed by atoms with van der Waals surface area (Å²) in [6.45, 7) is 1.70. The second kappa shape index (κ2) is 5.02. The van der Waals surface area contributed by atoms with Crippen molar-refractivity contribution in [2.45, 2.75) is 13.1 Å². The van der Waals surface area contributed by atoms with Gasteiger partial charge in [0.15, 0.2) is 0 Å². The van der Waals surface area contributed by atoms with Crippen molar-refractivity contribution < 1.29 is 13.2 Å². The van der Waals surface area contributed by atoms with E-state index in [1.165, 1.54) is 0 Å². The van der Waals surface area contributed by atoms with Gasteiger partial charge < -0.3 is 0 Å². The van der Waals surface area contributed by atoms with Gasteiger partial charge in [-0.2, -0.15) is 13.2 Å². The maximum absolute atomic E-state index is 13.1. The van der Waals surface area contributed by atoms with Crippen LogP contribution in [0.2, 0.25) is 10.2 Å². The van der Waals surface area contributed by atoms with Gasteiger partial charge in [0.05, 0.1) is 10.7 Å². The number of pyridine rings is 1. The third-order valence-electron chi connectivity index (χ3n) is 2.62. The van der Waals surface area contributed by atoms with Gasteiger partial charge in [0.25, 0.3) is 0 Å². The van der Waals surface area contributed by atoms with E-state index in [4.69, 9.17) is 23.2 Å². The molecule has 6 heteroatoms. The Hall–Kier alpha value is -1.26. The highest BCUT2D eigenvalue weighted by molar-refractivity contribution is 6.34. The predicted octanol–water partition coefficient (Wildman–Crippen LogP) is 5.38. The van der Waals surface area contributed by atoms with E-state index in [-0.39, 0.29) is 10.8 Å². The summed E-state index contributed by atoms with van der Waals surface area (Å²) in [7, 11) is 0. The monoisotopic (exact) mass is 305 g/mol. The highest BCUT2D eigenvalue weighted by Gasteiger charge is 2.37. The molecule has 0 spiro atoms. The molecule has 0 atom stereocenters. The number of nitrogens with zero attached hydrogens (tertiary/aromatic N) is 1. The summed E-state index contributed by atoms with van der Waals surface area (Å²) in [5.41, 5.74) is -0.186. The fourth-order valence-electron chi connectivity index (χ4n) is 1.79. The summed E-state index contributed by atoms with van der Waals surface area (Å²) in [5, 5.41) is -0.526. The summed E-state index contributed by atoms with van der Waals surface area (Å²) in [6, 6.07) is 7.62. The minimum Gasteiger partial charge on any atom is -0.235 e. The van der Waals surface area contributed by atoms with Crippen LogP contribution in [-0.4, -0.2) is 4.98 Å². The van der Waals surface area contributed by atoms with Gasteiger partial charge in [0, 0.05) is 5.56 Å². The first-order valence-electron chi connectivity index (χ1n) is 5.30. The third kappa shape index (κ3) is 2.85. The zero-order valence-corrected chi connectivity index (χ0v) is 11.2. The predicted molar refractivity (Wildman–Crippen MR) is 69.4 cm³/mol. The quantitative estimate of drug-likeness (QED) is 0.644. The number of rotatable bonds is 1. The Balaban J connectivity index is 2.80. The highest BCUT2D eigenvalue weighted by atomic mass is 35.5. The van der Waals surface area contributed by atoms with Crippen LogP contribution < -0.4 is 0 Å². The number of halogens is 5. The molecule has 0 radical (unpaired) electrons. The van der Waals surface area contributed by atoms with Crippen LogP contribution in [-0.2, 0) is 6.18 Å². The van der Waals surface area contributed by atoms with Crippen LogP contribution in [0.4, 0.5) is 13.2 Å². The molecule has 1 nitrogen and oxygen atoms in total. The molecular formula is C13H8Cl2F3N. The van der Waals surface area contributed by atoms with Crippen molar-refractivity contribution in [3.63, 3.8) is 0 Å². The Labute approximate surface area is 118 Å². The molecule has 0 aliphatic rings. The fourth-order valence-corrected chi connectivity index (χ4v) is 2.34. The zero-order chi connectivity index (χ0) is 14.2. The Morgan fingerprint density at radius 2 is 1.74 bits per heavy atom. The van der Waals surface area contributed by atoms with Crippen molar-refractivity contribution >= 4 is 23.2 Å². The second-order valence-electron chi connectivity index (χ2n) is 3.96. The van der Waals surface area contributed by atoms with Gasteiger partial charge in [-0.15, -0.1) is 0 Å². The molecule has 1 aromatic heterocycles. The highest BCUT2D eigenvalue weighted by Crippen LogP contribution is 2.42. The summed E-state index contributed by atoms with van der Waals surface area (Å²) in [4.78, 5) is 3.79. The molecule has 0 saturated carbocycles. The molecule has 0 unspecified atom stereocenters. The molecule has 0 fully saturated rings. The van der Waals surface area contributed by atoms with E-state index in [1.54, 1.807) is 31.2 Å². The fraction of sp³-hybridized carbons (Fsp3) is 0.154. The lowest BCUT2D eigenvalue weighted by molar-refractivity contribution is -0.137. The minimum absolute atomic E-state index is 0.0729. The topological polar surface area (TPSA) is 12.9 Å². The van der Waals surface area contributed by atoms with Crippen molar-refractivity contribution in [3.05, 3.63) is 51.6 Å². The Bertz CT molecular complexity index is 624. The zero-order valence-electron chi connectivity index (χ0n) is 9.72. The van der Waals surface area contributed by atoms with Crippen molar-refractivity contribution in [1.82, 2.24) is 4.98 Å². The largest absolute Gasteiger partial charge is 0.419 e. The van der Waals surface area contributed by atoms with Crippen LogP contribution >= 0.6 is 23.2 Å².